The molecule has 0 unspecified atom stereocenters. The zero-order valence-electron chi connectivity index (χ0n) is 15.9. The predicted octanol–water partition coefficient (Wildman–Crippen LogP) is 1.46. The zero-order chi connectivity index (χ0) is 19.5. The van der Waals surface area contributed by atoms with Gasteiger partial charge in [0, 0.05) is 38.3 Å². The maximum atomic E-state index is 12.5. The molecule has 0 saturated carbocycles. The number of amides is 2. The fourth-order valence-corrected chi connectivity index (χ4v) is 3.52. The van der Waals surface area contributed by atoms with Gasteiger partial charge in [-0.2, -0.15) is 0 Å². The summed E-state index contributed by atoms with van der Waals surface area (Å²) in [6.45, 7) is 4.69. The van der Waals surface area contributed by atoms with Crippen LogP contribution in [0.5, 0.6) is 0 Å². The highest BCUT2D eigenvalue weighted by Crippen LogP contribution is 2.19. The summed E-state index contributed by atoms with van der Waals surface area (Å²) >= 11 is 0. The van der Waals surface area contributed by atoms with E-state index in [1.807, 2.05) is 41.3 Å². The lowest BCUT2D eigenvalue weighted by Crippen LogP contribution is -2.53. The lowest BCUT2D eigenvalue weighted by Gasteiger charge is -2.36. The third-order valence-corrected chi connectivity index (χ3v) is 5.18. The van der Waals surface area contributed by atoms with Gasteiger partial charge in [0.05, 0.1) is 0 Å². The molecule has 2 amide bonds. The number of hydrogen-bond donors (Lipinski definition) is 2. The second-order valence-corrected chi connectivity index (χ2v) is 7.24. The second-order valence-electron chi connectivity index (χ2n) is 7.24. The number of aryl methyl sites for hydroxylation is 1. The van der Waals surface area contributed by atoms with Crippen LogP contribution >= 0.6 is 0 Å². The Bertz CT molecular complexity index is 844. The summed E-state index contributed by atoms with van der Waals surface area (Å²) in [5.41, 5.74) is 2.18. The Hall–Kier alpha value is -3.16. The topological polar surface area (TPSA) is 90.5 Å². The lowest BCUT2D eigenvalue weighted by atomic mass is 10.2. The fraction of sp³-hybridized carbons (Fsp3) is 0.400. The van der Waals surface area contributed by atoms with Crippen molar-refractivity contribution in [3.63, 3.8) is 0 Å². The van der Waals surface area contributed by atoms with Crippen LogP contribution in [0.2, 0.25) is 0 Å². The number of carbonyl (C=O) groups is 2. The second kappa shape index (κ2) is 7.84. The van der Waals surface area contributed by atoms with Crippen LogP contribution in [0.1, 0.15) is 18.4 Å². The van der Waals surface area contributed by atoms with E-state index in [0.717, 1.165) is 11.5 Å². The molecule has 3 heterocycles. The number of aromatic nitrogens is 2. The molecule has 28 heavy (non-hydrogen) atoms. The van der Waals surface area contributed by atoms with Crippen LogP contribution in [-0.4, -0.2) is 59.1 Å². The molecule has 1 atom stereocenters. The molecule has 2 fully saturated rings. The average Bonchev–Trinajstić information content (AvgIpc) is 3.16. The predicted molar refractivity (Wildman–Crippen MR) is 106 cm³/mol. The molecule has 0 aliphatic carbocycles. The molecule has 2 aliphatic heterocycles. The third kappa shape index (κ3) is 4.05. The largest absolute Gasteiger partial charge is 0.352 e. The van der Waals surface area contributed by atoms with Gasteiger partial charge in [-0.15, -0.1) is 10.2 Å². The molecule has 2 saturated heterocycles. The van der Waals surface area contributed by atoms with E-state index in [-0.39, 0.29) is 17.9 Å². The first-order chi connectivity index (χ1) is 13.6. The van der Waals surface area contributed by atoms with Crippen molar-refractivity contribution in [3.8, 4) is 0 Å². The minimum absolute atomic E-state index is 0.0224. The molecular weight excluding hydrogens is 356 g/mol. The van der Waals surface area contributed by atoms with Gasteiger partial charge in [-0.25, -0.2) is 0 Å². The Kier molecular flexibility index (Phi) is 5.10. The highest BCUT2D eigenvalue weighted by Gasteiger charge is 2.32. The number of rotatable bonds is 4. The highest BCUT2D eigenvalue weighted by molar-refractivity contribution is 5.90. The van der Waals surface area contributed by atoms with E-state index >= 15 is 0 Å². The summed E-state index contributed by atoms with van der Waals surface area (Å²) in [4.78, 5) is 27.8. The third-order valence-electron chi connectivity index (χ3n) is 5.18. The molecule has 2 aliphatic rings. The molecule has 0 bridgehead atoms. The number of benzene rings is 1. The van der Waals surface area contributed by atoms with Crippen LogP contribution in [0.4, 0.5) is 17.3 Å². The molecule has 8 heteroatoms. The quantitative estimate of drug-likeness (QED) is 0.835. The van der Waals surface area contributed by atoms with E-state index in [1.54, 1.807) is 0 Å². The van der Waals surface area contributed by atoms with Gasteiger partial charge in [-0.1, -0.05) is 17.7 Å². The standard InChI is InChI=1S/C20H24N6O2/c1-14-2-4-15(5-3-14)21-17-7-8-18(24-23-17)25-10-12-26(13-11-25)20(28)16-6-9-19(27)22-16/h2-5,7-8,16H,6,9-13H2,1H3,(H,21,23)(H,22,27)/t16-/m1/s1. The lowest BCUT2D eigenvalue weighted by molar-refractivity contribution is -0.134. The number of piperazine rings is 1. The van der Waals surface area contributed by atoms with Crippen LogP contribution in [0.3, 0.4) is 0 Å². The number of anilines is 3. The van der Waals surface area contributed by atoms with Crippen LogP contribution in [-0.2, 0) is 9.59 Å². The number of carbonyl (C=O) groups excluding carboxylic acids is 2. The van der Waals surface area contributed by atoms with Gasteiger partial charge >= 0.3 is 0 Å². The molecular formula is C20H24N6O2. The van der Waals surface area contributed by atoms with Crippen molar-refractivity contribution in [3.05, 3.63) is 42.0 Å². The van der Waals surface area contributed by atoms with Crippen LogP contribution < -0.4 is 15.5 Å². The van der Waals surface area contributed by atoms with Crippen molar-refractivity contribution in [2.45, 2.75) is 25.8 Å². The van der Waals surface area contributed by atoms with E-state index in [0.29, 0.717) is 44.8 Å². The average molecular weight is 380 g/mol. The summed E-state index contributed by atoms with van der Waals surface area (Å²) in [6, 6.07) is 11.6. The molecule has 1 aromatic carbocycles. The normalized spacial score (nSPS) is 19.5. The maximum Gasteiger partial charge on any atom is 0.245 e. The molecule has 1 aromatic heterocycles. The van der Waals surface area contributed by atoms with E-state index in [4.69, 9.17) is 0 Å². The van der Waals surface area contributed by atoms with Crippen LogP contribution in [0.25, 0.3) is 0 Å². The Morgan fingerprint density at radius 1 is 1.07 bits per heavy atom. The molecule has 2 aromatic rings. The maximum absolute atomic E-state index is 12.5. The van der Waals surface area contributed by atoms with Crippen molar-refractivity contribution >= 4 is 29.1 Å². The van der Waals surface area contributed by atoms with Gasteiger partial charge in [0.25, 0.3) is 0 Å². The summed E-state index contributed by atoms with van der Waals surface area (Å²) in [5, 5.41) is 14.6. The first-order valence-corrected chi connectivity index (χ1v) is 9.59. The van der Waals surface area contributed by atoms with Gasteiger partial charge in [0.2, 0.25) is 11.8 Å². The molecule has 8 nitrogen and oxygen atoms in total. The highest BCUT2D eigenvalue weighted by atomic mass is 16.2. The summed E-state index contributed by atoms with van der Waals surface area (Å²) < 4.78 is 0. The monoisotopic (exact) mass is 380 g/mol. The molecule has 2 N–H and O–H groups in total. The number of nitrogens with zero attached hydrogens (tertiary/aromatic N) is 4. The van der Waals surface area contributed by atoms with Gasteiger partial charge in [0.15, 0.2) is 11.6 Å². The number of nitrogens with one attached hydrogen (secondary N) is 2. The molecule has 0 spiro atoms. The summed E-state index contributed by atoms with van der Waals surface area (Å²) in [5.74, 6) is 1.48. The minimum atomic E-state index is -0.356. The first kappa shape index (κ1) is 18.2. The van der Waals surface area contributed by atoms with Crippen molar-refractivity contribution in [2.24, 2.45) is 0 Å². The Labute approximate surface area is 163 Å². The molecule has 146 valence electrons. The van der Waals surface area contributed by atoms with E-state index < -0.39 is 0 Å². The Morgan fingerprint density at radius 2 is 1.82 bits per heavy atom. The zero-order valence-corrected chi connectivity index (χ0v) is 15.9. The SMILES string of the molecule is Cc1ccc(Nc2ccc(N3CCN(C(=O)[C@H]4CCC(=O)N4)CC3)nn2)cc1. The Morgan fingerprint density at radius 3 is 2.43 bits per heavy atom. The first-order valence-electron chi connectivity index (χ1n) is 9.59. The van der Waals surface area contributed by atoms with E-state index in [1.165, 1.54) is 5.56 Å². The van der Waals surface area contributed by atoms with Gasteiger partial charge in [-0.3, -0.25) is 9.59 Å². The smallest absolute Gasteiger partial charge is 0.245 e. The van der Waals surface area contributed by atoms with Crippen LogP contribution in [0, 0.1) is 6.92 Å². The van der Waals surface area contributed by atoms with Gasteiger partial charge < -0.3 is 20.4 Å². The van der Waals surface area contributed by atoms with Gasteiger partial charge in [-0.05, 0) is 37.6 Å². The van der Waals surface area contributed by atoms with Crippen molar-refractivity contribution in [2.75, 3.05) is 36.4 Å². The van der Waals surface area contributed by atoms with E-state index in [9.17, 15) is 9.59 Å². The van der Waals surface area contributed by atoms with Crippen molar-refractivity contribution < 1.29 is 9.59 Å². The number of hydrogen-bond acceptors (Lipinski definition) is 6. The molecule has 4 rings (SSSR count). The van der Waals surface area contributed by atoms with Crippen molar-refractivity contribution in [1.29, 1.82) is 0 Å². The Balaban J connectivity index is 1.31. The fourth-order valence-electron chi connectivity index (χ4n) is 3.52. The van der Waals surface area contributed by atoms with E-state index in [2.05, 4.69) is 32.7 Å². The molecule has 0 radical (unpaired) electrons. The summed E-state index contributed by atoms with van der Waals surface area (Å²) in [6.07, 6.45) is 1.04. The van der Waals surface area contributed by atoms with Crippen LogP contribution in [0.15, 0.2) is 36.4 Å². The summed E-state index contributed by atoms with van der Waals surface area (Å²) in [7, 11) is 0. The van der Waals surface area contributed by atoms with Crippen molar-refractivity contribution in [1.82, 2.24) is 20.4 Å². The van der Waals surface area contributed by atoms with Gasteiger partial charge in [0.1, 0.15) is 6.04 Å². The minimum Gasteiger partial charge on any atom is -0.352 e.